The number of nitrogens with one attached hydrogen (secondary N) is 1. The molecule has 0 fully saturated rings. The number of ether oxygens (including phenoxy) is 1. The lowest BCUT2D eigenvalue weighted by atomic mass is 10.1. The molecule has 0 spiro atoms. The number of fused-ring (bicyclic) bond motifs is 1. The van der Waals surface area contributed by atoms with E-state index in [2.05, 4.69) is 5.32 Å². The molecule has 2 aromatic carbocycles. The molecule has 0 radical (unpaired) electrons. The van der Waals surface area contributed by atoms with E-state index in [9.17, 15) is 14.4 Å². The summed E-state index contributed by atoms with van der Waals surface area (Å²) in [6, 6.07) is 11.6. The number of oxazole rings is 1. The van der Waals surface area contributed by atoms with Crippen LogP contribution < -0.4 is 15.8 Å². The largest absolute Gasteiger partial charge is 0.495 e. The Kier molecular flexibility index (Phi) is 4.38. The summed E-state index contributed by atoms with van der Waals surface area (Å²) < 4.78 is 11.5. The molecule has 1 N–H and O–H groups in total. The summed E-state index contributed by atoms with van der Waals surface area (Å²) in [5.74, 6) is -0.673. The van der Waals surface area contributed by atoms with Gasteiger partial charge in [0.25, 0.3) is 0 Å². The zero-order valence-electron chi connectivity index (χ0n) is 13.7. The third kappa shape index (κ3) is 3.30. The van der Waals surface area contributed by atoms with Crippen LogP contribution in [0.15, 0.2) is 51.7 Å². The number of nitrogens with zero attached hydrogens (tertiary/aromatic N) is 1. The molecular formula is C18H16N2O5. The standard InChI is InChI=1S/C18H16N2O5/c1-11(21)12-7-8-14-16(9-12)25-18(23)20(14)10-17(22)19-13-5-3-4-6-15(13)24-2/h3-9H,10H2,1-2H3,(H,19,22). The van der Waals surface area contributed by atoms with Crippen molar-refractivity contribution in [1.82, 2.24) is 4.57 Å². The Bertz CT molecular complexity index is 1020. The van der Waals surface area contributed by atoms with Crippen LogP contribution in [0.2, 0.25) is 0 Å². The molecule has 0 aliphatic carbocycles. The second-order valence-corrected chi connectivity index (χ2v) is 5.44. The van der Waals surface area contributed by atoms with E-state index in [0.29, 0.717) is 22.5 Å². The molecule has 0 saturated heterocycles. The Morgan fingerprint density at radius 2 is 1.96 bits per heavy atom. The predicted molar refractivity (Wildman–Crippen MR) is 92.1 cm³/mol. The van der Waals surface area contributed by atoms with Gasteiger partial charge in [0.1, 0.15) is 12.3 Å². The maximum atomic E-state index is 12.3. The highest BCUT2D eigenvalue weighted by Crippen LogP contribution is 2.23. The van der Waals surface area contributed by atoms with Crippen molar-refractivity contribution in [2.45, 2.75) is 13.5 Å². The Hall–Kier alpha value is -3.35. The first-order chi connectivity index (χ1) is 12.0. The van der Waals surface area contributed by atoms with E-state index < -0.39 is 11.7 Å². The van der Waals surface area contributed by atoms with Crippen molar-refractivity contribution < 1.29 is 18.7 Å². The number of methoxy groups -OCH3 is 1. The highest BCUT2D eigenvalue weighted by Gasteiger charge is 2.15. The van der Waals surface area contributed by atoms with E-state index in [1.807, 2.05) is 0 Å². The molecule has 7 nitrogen and oxygen atoms in total. The number of anilines is 1. The van der Waals surface area contributed by atoms with Crippen molar-refractivity contribution in [1.29, 1.82) is 0 Å². The number of amides is 1. The molecule has 0 saturated carbocycles. The number of benzene rings is 2. The first-order valence-corrected chi connectivity index (χ1v) is 7.57. The van der Waals surface area contributed by atoms with Gasteiger partial charge in [0, 0.05) is 5.56 Å². The fourth-order valence-corrected chi connectivity index (χ4v) is 2.52. The molecule has 7 heteroatoms. The van der Waals surface area contributed by atoms with Gasteiger partial charge in [-0.2, -0.15) is 0 Å². The van der Waals surface area contributed by atoms with Crippen LogP contribution in [0, 0.1) is 0 Å². The molecule has 1 heterocycles. The first-order valence-electron chi connectivity index (χ1n) is 7.57. The fourth-order valence-electron chi connectivity index (χ4n) is 2.52. The zero-order valence-corrected chi connectivity index (χ0v) is 13.7. The Labute approximate surface area is 142 Å². The summed E-state index contributed by atoms with van der Waals surface area (Å²) in [5, 5.41) is 2.70. The number of ketones is 1. The van der Waals surface area contributed by atoms with Crippen LogP contribution in [-0.2, 0) is 11.3 Å². The van der Waals surface area contributed by atoms with Gasteiger partial charge in [-0.15, -0.1) is 0 Å². The average Bonchev–Trinajstić information content (AvgIpc) is 2.90. The number of para-hydroxylation sites is 2. The summed E-state index contributed by atoms with van der Waals surface area (Å²) in [7, 11) is 1.51. The van der Waals surface area contributed by atoms with Gasteiger partial charge in [-0.3, -0.25) is 14.2 Å². The van der Waals surface area contributed by atoms with Crippen molar-refractivity contribution in [2.75, 3.05) is 12.4 Å². The molecular weight excluding hydrogens is 324 g/mol. The third-order valence-electron chi connectivity index (χ3n) is 3.76. The molecule has 25 heavy (non-hydrogen) atoms. The molecule has 128 valence electrons. The van der Waals surface area contributed by atoms with Crippen LogP contribution in [0.5, 0.6) is 5.75 Å². The quantitative estimate of drug-likeness (QED) is 0.721. The smallest absolute Gasteiger partial charge is 0.420 e. The number of hydrogen-bond acceptors (Lipinski definition) is 5. The van der Waals surface area contributed by atoms with Gasteiger partial charge in [-0.1, -0.05) is 12.1 Å². The summed E-state index contributed by atoms with van der Waals surface area (Å²) in [6.45, 7) is 1.21. The van der Waals surface area contributed by atoms with Crippen molar-refractivity contribution in [2.24, 2.45) is 0 Å². The molecule has 0 aliphatic rings. The highest BCUT2D eigenvalue weighted by molar-refractivity contribution is 5.97. The first kappa shape index (κ1) is 16.5. The monoisotopic (exact) mass is 340 g/mol. The van der Waals surface area contributed by atoms with Gasteiger partial charge in [0.05, 0.1) is 18.3 Å². The SMILES string of the molecule is COc1ccccc1NC(=O)Cn1c(=O)oc2cc(C(C)=O)ccc21. The van der Waals surface area contributed by atoms with Crippen molar-refractivity contribution >= 4 is 28.5 Å². The Morgan fingerprint density at radius 3 is 2.68 bits per heavy atom. The lowest BCUT2D eigenvalue weighted by Crippen LogP contribution is -2.24. The lowest BCUT2D eigenvalue weighted by Gasteiger charge is -2.09. The van der Waals surface area contributed by atoms with E-state index >= 15 is 0 Å². The van der Waals surface area contributed by atoms with Gasteiger partial charge in [-0.25, -0.2) is 4.79 Å². The Morgan fingerprint density at radius 1 is 1.20 bits per heavy atom. The molecule has 0 bridgehead atoms. The second-order valence-electron chi connectivity index (χ2n) is 5.44. The minimum atomic E-state index is -0.661. The molecule has 1 aromatic heterocycles. The van der Waals surface area contributed by atoms with Crippen LogP contribution in [0.25, 0.3) is 11.1 Å². The fraction of sp³-hybridized carbons (Fsp3) is 0.167. The minimum absolute atomic E-state index is 0.133. The number of carbonyl (C=O) groups is 2. The third-order valence-corrected chi connectivity index (χ3v) is 3.76. The van der Waals surface area contributed by atoms with Gasteiger partial charge >= 0.3 is 5.76 Å². The number of hydrogen-bond donors (Lipinski definition) is 1. The molecule has 0 unspecified atom stereocenters. The van der Waals surface area contributed by atoms with Crippen LogP contribution in [0.4, 0.5) is 5.69 Å². The summed E-state index contributed by atoms with van der Waals surface area (Å²) in [6.07, 6.45) is 0. The van der Waals surface area contributed by atoms with E-state index in [-0.39, 0.29) is 17.9 Å². The summed E-state index contributed by atoms with van der Waals surface area (Å²) in [5.41, 5.74) is 1.66. The maximum Gasteiger partial charge on any atom is 0.420 e. The second kappa shape index (κ2) is 6.64. The van der Waals surface area contributed by atoms with Crippen LogP contribution in [0.1, 0.15) is 17.3 Å². The zero-order chi connectivity index (χ0) is 18.0. The van der Waals surface area contributed by atoms with Crippen LogP contribution >= 0.6 is 0 Å². The number of Topliss-reactive ketones (excluding diaryl/α,β-unsaturated/α-hetero) is 1. The lowest BCUT2D eigenvalue weighted by molar-refractivity contribution is -0.116. The maximum absolute atomic E-state index is 12.3. The predicted octanol–water partition coefficient (Wildman–Crippen LogP) is 2.44. The van der Waals surface area contributed by atoms with Crippen molar-refractivity contribution in [3.8, 4) is 5.75 Å². The van der Waals surface area contributed by atoms with E-state index in [0.717, 1.165) is 0 Å². The summed E-state index contributed by atoms with van der Waals surface area (Å²) >= 11 is 0. The highest BCUT2D eigenvalue weighted by atomic mass is 16.5. The van der Waals surface area contributed by atoms with Crippen molar-refractivity contribution in [3.63, 3.8) is 0 Å². The number of carbonyl (C=O) groups excluding carboxylic acids is 2. The topological polar surface area (TPSA) is 90.5 Å². The van der Waals surface area contributed by atoms with E-state index in [1.165, 1.54) is 24.7 Å². The van der Waals surface area contributed by atoms with Gasteiger partial charge in [0.2, 0.25) is 5.91 Å². The molecule has 3 rings (SSSR count). The van der Waals surface area contributed by atoms with Crippen LogP contribution in [0.3, 0.4) is 0 Å². The molecule has 0 aliphatic heterocycles. The molecule has 1 amide bonds. The normalized spacial score (nSPS) is 10.6. The van der Waals surface area contributed by atoms with Gasteiger partial charge in [0.15, 0.2) is 11.4 Å². The average molecular weight is 340 g/mol. The van der Waals surface area contributed by atoms with Crippen LogP contribution in [-0.4, -0.2) is 23.4 Å². The Balaban J connectivity index is 1.87. The number of rotatable bonds is 5. The molecule has 0 atom stereocenters. The molecule has 3 aromatic rings. The van der Waals surface area contributed by atoms with E-state index in [4.69, 9.17) is 9.15 Å². The van der Waals surface area contributed by atoms with Gasteiger partial charge < -0.3 is 14.5 Å². The van der Waals surface area contributed by atoms with Gasteiger partial charge in [-0.05, 0) is 37.3 Å². The summed E-state index contributed by atoms with van der Waals surface area (Å²) in [4.78, 5) is 35.8. The minimum Gasteiger partial charge on any atom is -0.495 e. The number of aromatic nitrogens is 1. The van der Waals surface area contributed by atoms with E-state index in [1.54, 1.807) is 36.4 Å². The van der Waals surface area contributed by atoms with Crippen molar-refractivity contribution in [3.05, 3.63) is 58.6 Å².